The van der Waals surface area contributed by atoms with Gasteiger partial charge in [-0.1, -0.05) is 13.8 Å². The number of carbonyl (C=O) groups excluding carboxylic acids is 1. The SMILES string of the molecule is CCOC(=O)C1(CC)OC1(CC)c1ccc(F)cn1. The van der Waals surface area contributed by atoms with Crippen molar-refractivity contribution >= 4 is 5.97 Å². The molecule has 104 valence electrons. The standard InChI is InChI=1S/C14H18FNO3/c1-4-13(11-8-7-10(15)9-16-11)14(5-2,19-13)12(17)18-6-3/h7-9H,4-6H2,1-3H3. The van der Waals surface area contributed by atoms with Gasteiger partial charge in [0.2, 0.25) is 5.60 Å². The highest BCUT2D eigenvalue weighted by molar-refractivity contribution is 5.85. The molecule has 0 aromatic carbocycles. The van der Waals surface area contributed by atoms with Crippen LogP contribution in [0.1, 0.15) is 39.3 Å². The number of nitrogens with zero attached hydrogens (tertiary/aromatic N) is 1. The molecular formula is C14H18FNO3. The lowest BCUT2D eigenvalue weighted by molar-refractivity contribution is -0.149. The van der Waals surface area contributed by atoms with Gasteiger partial charge in [0.25, 0.3) is 0 Å². The average molecular weight is 267 g/mol. The highest BCUT2D eigenvalue weighted by Gasteiger charge is 2.75. The van der Waals surface area contributed by atoms with Crippen molar-refractivity contribution in [1.82, 2.24) is 4.98 Å². The summed E-state index contributed by atoms with van der Waals surface area (Å²) in [5.74, 6) is -0.778. The predicted molar refractivity (Wildman–Crippen MR) is 66.9 cm³/mol. The summed E-state index contributed by atoms with van der Waals surface area (Å²) in [6.07, 6.45) is 2.22. The molecule has 5 heteroatoms. The van der Waals surface area contributed by atoms with E-state index in [0.29, 0.717) is 25.1 Å². The second-order valence-corrected chi connectivity index (χ2v) is 4.55. The lowest BCUT2D eigenvalue weighted by Gasteiger charge is -2.16. The van der Waals surface area contributed by atoms with Gasteiger partial charge in [-0.15, -0.1) is 0 Å². The van der Waals surface area contributed by atoms with Gasteiger partial charge in [0, 0.05) is 0 Å². The Morgan fingerprint density at radius 1 is 1.37 bits per heavy atom. The van der Waals surface area contributed by atoms with Crippen molar-refractivity contribution in [1.29, 1.82) is 0 Å². The number of ether oxygens (including phenoxy) is 2. The second-order valence-electron chi connectivity index (χ2n) is 4.55. The van der Waals surface area contributed by atoms with Gasteiger partial charge in [0.05, 0.1) is 18.5 Å². The van der Waals surface area contributed by atoms with Crippen LogP contribution in [0.25, 0.3) is 0 Å². The first kappa shape index (κ1) is 13.9. The van der Waals surface area contributed by atoms with Crippen LogP contribution < -0.4 is 0 Å². The van der Waals surface area contributed by atoms with Gasteiger partial charge in [-0.25, -0.2) is 9.18 Å². The molecule has 4 nitrogen and oxygen atoms in total. The number of pyridine rings is 1. The number of aromatic nitrogens is 1. The first-order valence-corrected chi connectivity index (χ1v) is 6.55. The van der Waals surface area contributed by atoms with Crippen LogP contribution in [-0.2, 0) is 19.9 Å². The summed E-state index contributed by atoms with van der Waals surface area (Å²) in [4.78, 5) is 16.2. The van der Waals surface area contributed by atoms with Gasteiger partial charge in [-0.05, 0) is 31.9 Å². The molecule has 2 unspecified atom stereocenters. The smallest absolute Gasteiger partial charge is 0.341 e. The molecule has 0 N–H and O–H groups in total. The molecule has 1 aromatic heterocycles. The highest BCUT2D eigenvalue weighted by atomic mass is 19.1. The molecule has 0 saturated carbocycles. The Balaban J connectivity index is 2.36. The molecule has 0 amide bonds. The van der Waals surface area contributed by atoms with Crippen molar-refractivity contribution in [2.45, 2.75) is 44.8 Å². The summed E-state index contributed by atoms with van der Waals surface area (Å²) >= 11 is 0. The minimum absolute atomic E-state index is 0.306. The normalized spacial score (nSPS) is 29.1. The van der Waals surface area contributed by atoms with Gasteiger partial charge in [-0.3, -0.25) is 4.98 Å². The molecular weight excluding hydrogens is 249 g/mol. The van der Waals surface area contributed by atoms with E-state index in [1.165, 1.54) is 6.07 Å². The molecule has 2 heterocycles. The molecule has 1 aliphatic rings. The molecule has 1 aliphatic heterocycles. The van der Waals surface area contributed by atoms with Gasteiger partial charge in [0.1, 0.15) is 5.82 Å². The average Bonchev–Trinajstić information content (AvgIpc) is 3.11. The Hall–Kier alpha value is -1.49. The van der Waals surface area contributed by atoms with Crippen LogP contribution in [-0.4, -0.2) is 23.2 Å². The van der Waals surface area contributed by atoms with Crippen molar-refractivity contribution in [2.24, 2.45) is 0 Å². The molecule has 2 atom stereocenters. The maximum atomic E-state index is 13.0. The van der Waals surface area contributed by atoms with Gasteiger partial charge >= 0.3 is 5.97 Å². The summed E-state index contributed by atoms with van der Waals surface area (Å²) < 4.78 is 23.8. The Morgan fingerprint density at radius 2 is 2.11 bits per heavy atom. The van der Waals surface area contributed by atoms with Crippen molar-refractivity contribution in [3.05, 3.63) is 29.8 Å². The fraction of sp³-hybridized carbons (Fsp3) is 0.571. The maximum absolute atomic E-state index is 13.0. The van der Waals surface area contributed by atoms with Crippen molar-refractivity contribution in [2.75, 3.05) is 6.61 Å². The number of esters is 1. The number of rotatable bonds is 5. The molecule has 0 spiro atoms. The summed E-state index contributed by atoms with van der Waals surface area (Å²) in [5, 5.41) is 0. The lowest BCUT2D eigenvalue weighted by atomic mass is 9.85. The minimum atomic E-state index is -0.984. The zero-order valence-corrected chi connectivity index (χ0v) is 11.4. The molecule has 0 aliphatic carbocycles. The summed E-state index contributed by atoms with van der Waals surface area (Å²) in [5.41, 5.74) is -1.20. The number of halogens is 1. The third-order valence-electron chi connectivity index (χ3n) is 3.70. The summed E-state index contributed by atoms with van der Waals surface area (Å²) in [7, 11) is 0. The zero-order valence-electron chi connectivity index (χ0n) is 11.4. The fourth-order valence-corrected chi connectivity index (χ4v) is 2.64. The maximum Gasteiger partial charge on any atom is 0.341 e. The van der Waals surface area contributed by atoms with Crippen molar-refractivity contribution in [3.8, 4) is 0 Å². The van der Waals surface area contributed by atoms with Crippen LogP contribution in [0.3, 0.4) is 0 Å². The Bertz CT molecular complexity index is 476. The van der Waals surface area contributed by atoms with E-state index in [0.717, 1.165) is 6.20 Å². The summed E-state index contributed by atoms with van der Waals surface area (Å²) in [6, 6.07) is 2.89. The van der Waals surface area contributed by atoms with Gasteiger partial charge in [-0.2, -0.15) is 0 Å². The van der Waals surface area contributed by atoms with Crippen LogP contribution in [0.5, 0.6) is 0 Å². The monoisotopic (exact) mass is 267 g/mol. The predicted octanol–water partition coefficient (Wildman–Crippen LogP) is 2.57. The minimum Gasteiger partial charge on any atom is -0.464 e. The largest absolute Gasteiger partial charge is 0.464 e. The van der Waals surface area contributed by atoms with E-state index < -0.39 is 17.0 Å². The molecule has 0 radical (unpaired) electrons. The van der Waals surface area contributed by atoms with E-state index in [4.69, 9.17) is 9.47 Å². The number of epoxide rings is 1. The summed E-state index contributed by atoms with van der Waals surface area (Å²) in [6.45, 7) is 5.85. The molecule has 1 saturated heterocycles. The Kier molecular flexibility index (Phi) is 3.58. The van der Waals surface area contributed by atoms with E-state index in [1.807, 2.05) is 13.8 Å². The third kappa shape index (κ3) is 1.92. The molecule has 0 bridgehead atoms. The number of hydrogen-bond donors (Lipinski definition) is 0. The van der Waals surface area contributed by atoms with E-state index in [2.05, 4.69) is 4.98 Å². The Labute approximate surface area is 111 Å². The van der Waals surface area contributed by atoms with Gasteiger partial charge < -0.3 is 9.47 Å². The van der Waals surface area contributed by atoms with Crippen LogP contribution in [0.2, 0.25) is 0 Å². The van der Waals surface area contributed by atoms with Crippen LogP contribution in [0, 0.1) is 5.82 Å². The first-order chi connectivity index (χ1) is 9.06. The zero-order chi connectivity index (χ0) is 14.1. The van der Waals surface area contributed by atoms with Crippen LogP contribution in [0.4, 0.5) is 4.39 Å². The van der Waals surface area contributed by atoms with Crippen molar-refractivity contribution < 1.29 is 18.7 Å². The lowest BCUT2D eigenvalue weighted by Crippen LogP contribution is -2.34. The highest BCUT2D eigenvalue weighted by Crippen LogP contribution is 2.59. The van der Waals surface area contributed by atoms with E-state index in [1.54, 1.807) is 13.0 Å². The molecule has 2 rings (SSSR count). The number of hydrogen-bond acceptors (Lipinski definition) is 4. The van der Waals surface area contributed by atoms with E-state index in [9.17, 15) is 9.18 Å². The Morgan fingerprint density at radius 3 is 2.58 bits per heavy atom. The second kappa shape index (κ2) is 4.89. The third-order valence-corrected chi connectivity index (χ3v) is 3.70. The van der Waals surface area contributed by atoms with Crippen LogP contribution in [0.15, 0.2) is 18.3 Å². The fourth-order valence-electron chi connectivity index (χ4n) is 2.64. The number of carbonyl (C=O) groups is 1. The quantitative estimate of drug-likeness (QED) is 0.607. The topological polar surface area (TPSA) is 51.7 Å². The molecule has 1 aromatic rings. The van der Waals surface area contributed by atoms with E-state index in [-0.39, 0.29) is 5.97 Å². The molecule has 1 fully saturated rings. The van der Waals surface area contributed by atoms with Crippen LogP contribution >= 0.6 is 0 Å². The molecule has 19 heavy (non-hydrogen) atoms. The first-order valence-electron chi connectivity index (χ1n) is 6.55. The van der Waals surface area contributed by atoms with Gasteiger partial charge in [0.15, 0.2) is 5.60 Å². The van der Waals surface area contributed by atoms with Crippen molar-refractivity contribution in [3.63, 3.8) is 0 Å². The van der Waals surface area contributed by atoms with E-state index >= 15 is 0 Å².